The quantitative estimate of drug-likeness (QED) is 0.764. The Morgan fingerprint density at radius 1 is 1.25 bits per heavy atom. The van der Waals surface area contributed by atoms with Crippen LogP contribution in [0.4, 0.5) is 0 Å². The van der Waals surface area contributed by atoms with Crippen LogP contribution in [0.2, 0.25) is 0 Å². The fraction of sp³-hybridized carbons (Fsp3) is 0.467. The normalized spacial score (nSPS) is 16.8. The average molecular weight is 277 g/mol. The van der Waals surface area contributed by atoms with Crippen molar-refractivity contribution in [2.24, 2.45) is 5.41 Å². The lowest BCUT2D eigenvalue weighted by Crippen LogP contribution is -2.41. The Labute approximate surface area is 117 Å². The maximum Gasteiger partial charge on any atom is 0.311 e. The summed E-state index contributed by atoms with van der Waals surface area (Å²) in [4.78, 5) is 23.2. The number of nitrogens with one attached hydrogen (secondary N) is 1. The molecule has 0 aromatic heterocycles. The summed E-state index contributed by atoms with van der Waals surface area (Å²) >= 11 is 0. The molecule has 0 heterocycles. The number of aromatic hydroxyl groups is 1. The van der Waals surface area contributed by atoms with Gasteiger partial charge >= 0.3 is 5.97 Å². The number of hydrogen-bond acceptors (Lipinski definition) is 3. The second-order valence-corrected chi connectivity index (χ2v) is 5.42. The van der Waals surface area contributed by atoms with E-state index in [0.29, 0.717) is 18.4 Å². The van der Waals surface area contributed by atoms with E-state index >= 15 is 0 Å². The molecule has 0 saturated heterocycles. The highest BCUT2D eigenvalue weighted by atomic mass is 16.4. The van der Waals surface area contributed by atoms with E-state index in [2.05, 4.69) is 5.32 Å². The van der Waals surface area contributed by atoms with E-state index in [0.717, 1.165) is 12.8 Å². The van der Waals surface area contributed by atoms with E-state index < -0.39 is 11.4 Å². The minimum atomic E-state index is -0.826. The molecule has 0 unspecified atom stereocenters. The van der Waals surface area contributed by atoms with Crippen molar-refractivity contribution < 1.29 is 19.8 Å². The highest BCUT2D eigenvalue weighted by Crippen LogP contribution is 2.37. The molecule has 20 heavy (non-hydrogen) atoms. The highest BCUT2D eigenvalue weighted by molar-refractivity contribution is 5.80. The third-order valence-corrected chi connectivity index (χ3v) is 3.91. The SMILES string of the molecule is O=C(Cc1cccc(O)c1)NCC1(C(=O)O)CCCC1. The van der Waals surface area contributed by atoms with Gasteiger partial charge in [0.25, 0.3) is 0 Å². The van der Waals surface area contributed by atoms with Gasteiger partial charge in [-0.3, -0.25) is 9.59 Å². The second-order valence-electron chi connectivity index (χ2n) is 5.42. The number of aliphatic carboxylic acids is 1. The maximum absolute atomic E-state index is 11.9. The van der Waals surface area contributed by atoms with Crippen LogP contribution in [0.25, 0.3) is 0 Å². The molecular formula is C15H19NO4. The Hall–Kier alpha value is -2.04. The van der Waals surface area contributed by atoms with Crippen molar-refractivity contribution in [2.45, 2.75) is 32.1 Å². The van der Waals surface area contributed by atoms with Crippen LogP contribution in [0, 0.1) is 5.41 Å². The van der Waals surface area contributed by atoms with E-state index in [9.17, 15) is 19.8 Å². The van der Waals surface area contributed by atoms with Crippen molar-refractivity contribution >= 4 is 11.9 Å². The summed E-state index contributed by atoms with van der Waals surface area (Å²) < 4.78 is 0. The number of phenols is 1. The monoisotopic (exact) mass is 277 g/mol. The first-order chi connectivity index (χ1) is 9.52. The third-order valence-electron chi connectivity index (χ3n) is 3.91. The average Bonchev–Trinajstić information content (AvgIpc) is 2.86. The standard InChI is InChI=1S/C15H19NO4/c17-12-5-3-4-11(8-12)9-13(18)16-10-15(14(19)20)6-1-2-7-15/h3-5,8,17H,1-2,6-7,9-10H2,(H,16,18)(H,19,20). The minimum Gasteiger partial charge on any atom is -0.508 e. The van der Waals surface area contributed by atoms with Gasteiger partial charge in [0.15, 0.2) is 0 Å². The molecule has 1 aliphatic rings. The summed E-state index contributed by atoms with van der Waals surface area (Å²) in [6.45, 7) is 0.181. The van der Waals surface area contributed by atoms with Crippen LogP contribution in [-0.2, 0) is 16.0 Å². The van der Waals surface area contributed by atoms with Crippen LogP contribution < -0.4 is 5.32 Å². The van der Waals surface area contributed by atoms with Gasteiger partial charge < -0.3 is 15.5 Å². The Balaban J connectivity index is 1.90. The number of rotatable bonds is 5. The summed E-state index contributed by atoms with van der Waals surface area (Å²) in [7, 11) is 0. The first kappa shape index (κ1) is 14.4. The van der Waals surface area contributed by atoms with Crippen molar-refractivity contribution in [1.29, 1.82) is 0 Å². The summed E-state index contributed by atoms with van der Waals surface area (Å²) in [5.74, 6) is -0.927. The molecule has 1 fully saturated rings. The zero-order valence-corrected chi connectivity index (χ0v) is 11.3. The van der Waals surface area contributed by atoms with Crippen molar-refractivity contribution in [3.63, 3.8) is 0 Å². The number of hydrogen-bond donors (Lipinski definition) is 3. The molecule has 0 atom stereocenters. The van der Waals surface area contributed by atoms with E-state index in [1.54, 1.807) is 18.2 Å². The number of carboxylic acid groups (broad SMARTS) is 1. The predicted octanol–water partition coefficient (Wildman–Crippen LogP) is 1.70. The van der Waals surface area contributed by atoms with E-state index in [4.69, 9.17) is 0 Å². The molecular weight excluding hydrogens is 258 g/mol. The third kappa shape index (κ3) is 3.29. The van der Waals surface area contributed by atoms with Crippen molar-refractivity contribution in [1.82, 2.24) is 5.32 Å². The number of benzene rings is 1. The molecule has 108 valence electrons. The molecule has 0 bridgehead atoms. The summed E-state index contributed by atoms with van der Waals surface area (Å²) in [5, 5.41) is 21.4. The molecule has 1 aliphatic carbocycles. The predicted molar refractivity (Wildman–Crippen MR) is 73.4 cm³/mol. The molecule has 0 aliphatic heterocycles. The van der Waals surface area contributed by atoms with E-state index in [1.807, 2.05) is 0 Å². The van der Waals surface area contributed by atoms with Gasteiger partial charge in [0.1, 0.15) is 5.75 Å². The van der Waals surface area contributed by atoms with Crippen molar-refractivity contribution in [2.75, 3.05) is 6.54 Å². The molecule has 5 heteroatoms. The number of carbonyl (C=O) groups is 2. The van der Waals surface area contributed by atoms with Crippen LogP contribution in [0.5, 0.6) is 5.75 Å². The Morgan fingerprint density at radius 3 is 2.55 bits per heavy atom. The van der Waals surface area contributed by atoms with Gasteiger partial charge in [0.2, 0.25) is 5.91 Å². The smallest absolute Gasteiger partial charge is 0.311 e. The molecule has 5 nitrogen and oxygen atoms in total. The maximum atomic E-state index is 11.9. The fourth-order valence-corrected chi connectivity index (χ4v) is 2.70. The van der Waals surface area contributed by atoms with Gasteiger partial charge in [0, 0.05) is 6.54 Å². The van der Waals surface area contributed by atoms with Crippen molar-refractivity contribution in [3.05, 3.63) is 29.8 Å². The van der Waals surface area contributed by atoms with Gasteiger partial charge in [0.05, 0.1) is 11.8 Å². The molecule has 1 saturated carbocycles. The molecule has 1 aromatic carbocycles. The van der Waals surface area contributed by atoms with Crippen LogP contribution in [0.3, 0.4) is 0 Å². The lowest BCUT2D eigenvalue weighted by Gasteiger charge is -2.23. The number of amides is 1. The van der Waals surface area contributed by atoms with Crippen LogP contribution in [-0.4, -0.2) is 28.6 Å². The van der Waals surface area contributed by atoms with E-state index in [-0.39, 0.29) is 24.6 Å². The van der Waals surface area contributed by atoms with Gasteiger partial charge in [-0.2, -0.15) is 0 Å². The van der Waals surface area contributed by atoms with Gasteiger partial charge in [-0.15, -0.1) is 0 Å². The minimum absolute atomic E-state index is 0.119. The molecule has 0 spiro atoms. The zero-order chi connectivity index (χ0) is 14.6. The summed E-state index contributed by atoms with van der Waals surface area (Å²) in [6.07, 6.45) is 3.18. The Kier molecular flexibility index (Phi) is 4.27. The van der Waals surface area contributed by atoms with Crippen molar-refractivity contribution in [3.8, 4) is 5.75 Å². The van der Waals surface area contributed by atoms with E-state index in [1.165, 1.54) is 6.07 Å². The molecule has 2 rings (SSSR count). The lowest BCUT2D eigenvalue weighted by atomic mass is 9.86. The Morgan fingerprint density at radius 2 is 1.95 bits per heavy atom. The molecule has 0 radical (unpaired) electrons. The number of phenolic OH excluding ortho intramolecular Hbond substituents is 1. The number of carboxylic acids is 1. The lowest BCUT2D eigenvalue weighted by molar-refractivity contribution is -0.148. The first-order valence-electron chi connectivity index (χ1n) is 6.80. The topological polar surface area (TPSA) is 86.6 Å². The Bertz CT molecular complexity index is 506. The largest absolute Gasteiger partial charge is 0.508 e. The van der Waals surface area contributed by atoms with Gasteiger partial charge in [-0.05, 0) is 30.5 Å². The fourth-order valence-electron chi connectivity index (χ4n) is 2.70. The summed E-state index contributed by atoms with van der Waals surface area (Å²) in [6, 6.07) is 6.50. The van der Waals surface area contributed by atoms with Gasteiger partial charge in [-0.25, -0.2) is 0 Å². The molecule has 1 aromatic rings. The van der Waals surface area contributed by atoms with Crippen LogP contribution in [0.15, 0.2) is 24.3 Å². The highest BCUT2D eigenvalue weighted by Gasteiger charge is 2.41. The molecule has 1 amide bonds. The van der Waals surface area contributed by atoms with Crippen LogP contribution >= 0.6 is 0 Å². The molecule has 3 N–H and O–H groups in total. The first-order valence-corrected chi connectivity index (χ1v) is 6.80. The number of carbonyl (C=O) groups excluding carboxylic acids is 1. The summed E-state index contributed by atoms with van der Waals surface area (Å²) in [5.41, 5.74) is -0.0904. The second kappa shape index (κ2) is 5.94. The van der Waals surface area contributed by atoms with Gasteiger partial charge in [-0.1, -0.05) is 25.0 Å². The van der Waals surface area contributed by atoms with Crippen LogP contribution in [0.1, 0.15) is 31.2 Å². The zero-order valence-electron chi connectivity index (χ0n) is 11.3.